The lowest BCUT2D eigenvalue weighted by molar-refractivity contribution is 0.148. The van der Waals surface area contributed by atoms with Gasteiger partial charge in [-0.3, -0.25) is 0 Å². The first kappa shape index (κ1) is 32.9. The molecule has 0 amide bonds. The van der Waals surface area contributed by atoms with E-state index in [0.717, 1.165) is 34.8 Å². The van der Waals surface area contributed by atoms with Crippen LogP contribution in [0.2, 0.25) is 0 Å². The number of phenols is 1. The van der Waals surface area contributed by atoms with E-state index in [-0.39, 0.29) is 0 Å². The molecular formula is C31H58O. The van der Waals surface area contributed by atoms with Gasteiger partial charge < -0.3 is 5.11 Å². The molecule has 2 saturated carbocycles. The fourth-order valence-electron chi connectivity index (χ4n) is 5.27. The summed E-state index contributed by atoms with van der Waals surface area (Å²) in [5, 5.41) is 9.92. The van der Waals surface area contributed by atoms with Crippen LogP contribution in [-0.4, -0.2) is 5.11 Å². The van der Waals surface area contributed by atoms with Gasteiger partial charge >= 0.3 is 0 Å². The summed E-state index contributed by atoms with van der Waals surface area (Å²) in [4.78, 5) is 0. The molecule has 0 bridgehead atoms. The van der Waals surface area contributed by atoms with Crippen LogP contribution in [0.4, 0.5) is 0 Å². The van der Waals surface area contributed by atoms with Gasteiger partial charge in [0, 0.05) is 0 Å². The van der Waals surface area contributed by atoms with Crippen LogP contribution in [0, 0.1) is 37.5 Å². The molecule has 0 saturated heterocycles. The van der Waals surface area contributed by atoms with Crippen LogP contribution >= 0.6 is 0 Å². The molecule has 1 heteroatoms. The SMILES string of the molecule is C=C.CC.CC.CC.Cc1cc(CCC2CCC(C3CCC(C)CC3)CC2)cc(C)c1O. The third-order valence-electron chi connectivity index (χ3n) is 7.01. The predicted molar refractivity (Wildman–Crippen MR) is 148 cm³/mol. The molecule has 32 heavy (non-hydrogen) atoms. The molecule has 3 rings (SSSR count). The zero-order valence-corrected chi connectivity index (χ0v) is 23.4. The third-order valence-corrected chi connectivity index (χ3v) is 7.01. The number of phenolic OH excluding ortho intramolecular Hbond substituents is 1. The van der Waals surface area contributed by atoms with Gasteiger partial charge in [0.15, 0.2) is 0 Å². The summed E-state index contributed by atoms with van der Waals surface area (Å²) in [5.74, 6) is 4.46. The third kappa shape index (κ3) is 11.6. The van der Waals surface area contributed by atoms with Gasteiger partial charge in [-0.15, -0.1) is 13.2 Å². The standard InChI is InChI=1S/C23H36O.3C2H6.C2H4/c1-16-4-10-21(11-5-16)22-12-8-19(9-13-22)6-7-20-14-17(2)23(24)18(3)15-20;4*1-2/h14-16,19,21-22,24H,4-13H2,1-3H3;3*1-2H3;1-2H2. The highest BCUT2D eigenvalue weighted by atomic mass is 16.3. The molecule has 0 radical (unpaired) electrons. The van der Waals surface area contributed by atoms with Gasteiger partial charge in [-0.25, -0.2) is 0 Å². The number of aryl methyl sites for hydroxylation is 3. The lowest BCUT2D eigenvalue weighted by Crippen LogP contribution is -2.25. The molecule has 0 unspecified atom stereocenters. The highest BCUT2D eigenvalue weighted by Crippen LogP contribution is 2.42. The molecule has 1 N–H and O–H groups in total. The Morgan fingerprint density at radius 1 is 0.719 bits per heavy atom. The van der Waals surface area contributed by atoms with Crippen molar-refractivity contribution in [2.24, 2.45) is 23.7 Å². The van der Waals surface area contributed by atoms with Crippen molar-refractivity contribution in [2.75, 3.05) is 0 Å². The maximum atomic E-state index is 9.92. The van der Waals surface area contributed by atoms with Crippen LogP contribution in [0.25, 0.3) is 0 Å². The minimum absolute atomic E-state index is 0.473. The molecule has 0 atom stereocenters. The van der Waals surface area contributed by atoms with Gasteiger partial charge in [0.05, 0.1) is 0 Å². The fraction of sp³-hybridized carbons (Fsp3) is 0.742. The minimum atomic E-state index is 0.473. The van der Waals surface area contributed by atoms with Gasteiger partial charge in [-0.05, 0) is 92.7 Å². The van der Waals surface area contributed by atoms with Crippen molar-refractivity contribution in [1.82, 2.24) is 0 Å². The van der Waals surface area contributed by atoms with Crippen molar-refractivity contribution >= 4 is 0 Å². The molecule has 2 aliphatic carbocycles. The van der Waals surface area contributed by atoms with Crippen LogP contribution in [0.1, 0.15) is 123 Å². The van der Waals surface area contributed by atoms with E-state index in [4.69, 9.17) is 0 Å². The van der Waals surface area contributed by atoms with Crippen molar-refractivity contribution in [3.05, 3.63) is 42.0 Å². The van der Waals surface area contributed by atoms with Crippen LogP contribution in [0.5, 0.6) is 5.75 Å². The van der Waals surface area contributed by atoms with Crippen LogP contribution in [-0.2, 0) is 6.42 Å². The highest BCUT2D eigenvalue weighted by molar-refractivity contribution is 5.42. The molecule has 188 valence electrons. The minimum Gasteiger partial charge on any atom is -0.507 e. The van der Waals surface area contributed by atoms with E-state index >= 15 is 0 Å². The van der Waals surface area contributed by atoms with Crippen LogP contribution in [0.15, 0.2) is 25.3 Å². The molecule has 2 fully saturated rings. The van der Waals surface area contributed by atoms with E-state index < -0.39 is 0 Å². The monoisotopic (exact) mass is 446 g/mol. The summed E-state index contributed by atoms with van der Waals surface area (Å²) >= 11 is 0. The van der Waals surface area contributed by atoms with Gasteiger partial charge in [0.1, 0.15) is 5.75 Å². The van der Waals surface area contributed by atoms with Crippen molar-refractivity contribution in [3.63, 3.8) is 0 Å². The zero-order valence-electron chi connectivity index (χ0n) is 23.4. The van der Waals surface area contributed by atoms with Crippen molar-refractivity contribution < 1.29 is 5.11 Å². The van der Waals surface area contributed by atoms with E-state index in [1.807, 2.05) is 55.4 Å². The Balaban J connectivity index is 0. The highest BCUT2D eigenvalue weighted by Gasteiger charge is 2.29. The largest absolute Gasteiger partial charge is 0.507 e. The second-order valence-electron chi connectivity index (χ2n) is 8.92. The van der Waals surface area contributed by atoms with Crippen molar-refractivity contribution in [2.45, 2.75) is 127 Å². The first-order valence-electron chi connectivity index (χ1n) is 13.8. The number of hydrogen-bond acceptors (Lipinski definition) is 1. The average Bonchev–Trinajstić information content (AvgIpc) is 2.87. The van der Waals surface area contributed by atoms with Crippen LogP contribution in [0.3, 0.4) is 0 Å². The first-order chi connectivity index (χ1) is 15.5. The molecule has 2 aliphatic rings. The van der Waals surface area contributed by atoms with E-state index in [9.17, 15) is 5.11 Å². The predicted octanol–water partition coefficient (Wildman–Crippen LogP) is 10.5. The molecular weight excluding hydrogens is 388 g/mol. The fourth-order valence-corrected chi connectivity index (χ4v) is 5.27. The van der Waals surface area contributed by atoms with Crippen LogP contribution < -0.4 is 0 Å². The maximum Gasteiger partial charge on any atom is 0.121 e. The maximum absolute atomic E-state index is 9.92. The number of hydrogen-bond donors (Lipinski definition) is 1. The summed E-state index contributed by atoms with van der Waals surface area (Å²) in [6.45, 7) is 24.5. The Labute approximate surface area is 203 Å². The summed E-state index contributed by atoms with van der Waals surface area (Å²) in [6.07, 6.45) is 14.3. The topological polar surface area (TPSA) is 20.2 Å². The second kappa shape index (κ2) is 20.4. The van der Waals surface area contributed by atoms with Crippen molar-refractivity contribution in [1.29, 1.82) is 0 Å². The molecule has 1 aromatic rings. The first-order valence-corrected chi connectivity index (χ1v) is 13.8. The molecule has 0 aromatic heterocycles. The van der Waals surface area contributed by atoms with Gasteiger partial charge in [-0.1, -0.05) is 86.3 Å². The Kier molecular flexibility index (Phi) is 21.0. The lowest BCUT2D eigenvalue weighted by atomic mass is 9.69. The van der Waals surface area contributed by atoms with Gasteiger partial charge in [-0.2, -0.15) is 0 Å². The van der Waals surface area contributed by atoms with Gasteiger partial charge in [0.2, 0.25) is 0 Å². The zero-order chi connectivity index (χ0) is 25.1. The Morgan fingerprint density at radius 2 is 1.09 bits per heavy atom. The number of aromatic hydroxyl groups is 1. The normalized spacial score (nSPS) is 24.0. The summed E-state index contributed by atoms with van der Waals surface area (Å²) in [5.41, 5.74) is 3.46. The molecule has 0 aliphatic heterocycles. The Hall–Kier alpha value is -1.24. The molecule has 1 aromatic carbocycles. The Morgan fingerprint density at radius 3 is 1.50 bits per heavy atom. The number of rotatable bonds is 4. The van der Waals surface area contributed by atoms with E-state index in [2.05, 4.69) is 32.2 Å². The smallest absolute Gasteiger partial charge is 0.121 e. The molecule has 1 nitrogen and oxygen atoms in total. The summed E-state index contributed by atoms with van der Waals surface area (Å²) < 4.78 is 0. The second-order valence-corrected chi connectivity index (χ2v) is 8.92. The van der Waals surface area contributed by atoms with E-state index in [0.29, 0.717) is 5.75 Å². The number of benzene rings is 1. The molecule has 0 spiro atoms. The van der Waals surface area contributed by atoms with E-state index in [1.54, 1.807) is 0 Å². The quantitative estimate of drug-likeness (QED) is 0.456. The van der Waals surface area contributed by atoms with Gasteiger partial charge in [0.25, 0.3) is 0 Å². The lowest BCUT2D eigenvalue weighted by Gasteiger charge is -2.37. The summed E-state index contributed by atoms with van der Waals surface area (Å²) in [6, 6.07) is 4.36. The van der Waals surface area contributed by atoms with Crippen molar-refractivity contribution in [3.8, 4) is 5.75 Å². The molecule has 0 heterocycles. The average molecular weight is 447 g/mol. The van der Waals surface area contributed by atoms with E-state index in [1.165, 1.54) is 69.8 Å². The summed E-state index contributed by atoms with van der Waals surface area (Å²) in [7, 11) is 0. The Bertz CT molecular complexity index is 523.